The van der Waals surface area contributed by atoms with E-state index in [0.717, 1.165) is 0 Å². The fraction of sp³-hybridized carbons (Fsp3) is 0.143. The maximum absolute atomic E-state index is 2.08. The summed E-state index contributed by atoms with van der Waals surface area (Å²) in [6.07, 6.45) is 0. The summed E-state index contributed by atoms with van der Waals surface area (Å²) in [5.41, 5.74) is 1.32. The zero-order valence-corrected chi connectivity index (χ0v) is 7.30. The Morgan fingerprint density at radius 3 is 2.00 bits per heavy atom. The Morgan fingerprint density at radius 2 is 1.75 bits per heavy atom. The Bertz CT molecular complexity index is 144. The van der Waals surface area contributed by atoms with Gasteiger partial charge in [0.25, 0.3) is 0 Å². The second-order valence-electron chi connectivity index (χ2n) is 1.65. The van der Waals surface area contributed by atoms with Crippen LogP contribution in [0.2, 0.25) is 0 Å². The van der Waals surface area contributed by atoms with Gasteiger partial charge in [-0.15, -0.1) is 0 Å². The molecule has 0 bridgehead atoms. The van der Waals surface area contributed by atoms with Gasteiger partial charge in [-0.1, -0.05) is 35.9 Å². The van der Waals surface area contributed by atoms with Crippen LogP contribution in [0.3, 0.4) is 0 Å². The van der Waals surface area contributed by atoms with E-state index in [1.54, 1.807) is 0 Å². The first-order valence-corrected chi connectivity index (χ1v) is 2.41. The monoisotopic (exact) mass is 136 g/mol. The van der Waals surface area contributed by atoms with Gasteiger partial charge >= 0.3 is 37.7 Å². The number of benzene rings is 1. The SMILES string of the molecule is Cc1ccccc1.[Ca+2].[H-].[H-].[HH]. The molecular weight excluding hydrogens is 124 g/mol. The van der Waals surface area contributed by atoms with Crippen molar-refractivity contribution in [2.24, 2.45) is 0 Å². The van der Waals surface area contributed by atoms with Crippen LogP contribution in [0.1, 0.15) is 9.84 Å². The molecule has 1 aromatic carbocycles. The molecule has 8 heavy (non-hydrogen) atoms. The first-order valence-electron chi connectivity index (χ1n) is 2.41. The van der Waals surface area contributed by atoms with Crippen LogP contribution in [-0.2, 0) is 0 Å². The van der Waals surface area contributed by atoms with E-state index in [1.165, 1.54) is 5.56 Å². The van der Waals surface area contributed by atoms with Crippen LogP contribution in [0, 0.1) is 6.92 Å². The molecule has 0 amide bonds. The third-order valence-electron chi connectivity index (χ3n) is 0.940. The van der Waals surface area contributed by atoms with E-state index in [9.17, 15) is 0 Å². The zero-order valence-electron chi connectivity index (χ0n) is 7.09. The average Bonchev–Trinajstić information content (AvgIpc) is 1.69. The Kier molecular flexibility index (Phi) is 4.63. The van der Waals surface area contributed by atoms with E-state index >= 15 is 0 Å². The fourth-order valence-electron chi connectivity index (χ4n) is 0.534. The molecule has 1 aromatic rings. The van der Waals surface area contributed by atoms with Gasteiger partial charge in [-0.3, -0.25) is 0 Å². The van der Waals surface area contributed by atoms with Gasteiger partial charge < -0.3 is 2.85 Å². The van der Waals surface area contributed by atoms with Crippen LogP contribution in [0.5, 0.6) is 0 Å². The fourth-order valence-corrected chi connectivity index (χ4v) is 0.534. The predicted octanol–water partition coefficient (Wildman–Crippen LogP) is 2.09. The molecule has 0 spiro atoms. The van der Waals surface area contributed by atoms with Crippen LogP contribution < -0.4 is 0 Å². The molecule has 0 aliphatic rings. The molecule has 1 heteroatoms. The van der Waals surface area contributed by atoms with Crippen molar-refractivity contribution in [3.05, 3.63) is 35.9 Å². The molecule has 0 N–H and O–H groups in total. The van der Waals surface area contributed by atoms with Crippen molar-refractivity contribution in [2.45, 2.75) is 6.92 Å². The number of hydrogen-bond donors (Lipinski definition) is 0. The molecule has 0 radical (unpaired) electrons. The molecule has 0 unspecified atom stereocenters. The number of aryl methyl sites for hydroxylation is 1. The van der Waals surface area contributed by atoms with Gasteiger partial charge in [0.2, 0.25) is 0 Å². The first-order chi connectivity index (χ1) is 3.39. The minimum Gasteiger partial charge on any atom is -1.00 e. The van der Waals surface area contributed by atoms with Gasteiger partial charge in [0.15, 0.2) is 0 Å². The van der Waals surface area contributed by atoms with E-state index in [0.29, 0.717) is 0 Å². The van der Waals surface area contributed by atoms with E-state index in [2.05, 4.69) is 19.1 Å². The van der Waals surface area contributed by atoms with Crippen LogP contribution in [0.25, 0.3) is 0 Å². The predicted molar refractivity (Wildman–Crippen MR) is 41.3 cm³/mol. The summed E-state index contributed by atoms with van der Waals surface area (Å²) >= 11 is 0. The van der Waals surface area contributed by atoms with Crippen molar-refractivity contribution in [1.82, 2.24) is 0 Å². The average molecular weight is 136 g/mol. The normalized spacial score (nSPS) is 7.62. The molecule has 0 fully saturated rings. The van der Waals surface area contributed by atoms with Gasteiger partial charge in [-0.05, 0) is 6.92 Å². The molecule has 42 valence electrons. The third kappa shape index (κ3) is 2.71. The number of hydrogen-bond acceptors (Lipinski definition) is 0. The summed E-state index contributed by atoms with van der Waals surface area (Å²) < 4.78 is 0. The Balaban J connectivity index is -0.0000000612. The minimum atomic E-state index is 0. The summed E-state index contributed by atoms with van der Waals surface area (Å²) in [5, 5.41) is 0. The smallest absolute Gasteiger partial charge is 1.00 e. The van der Waals surface area contributed by atoms with Gasteiger partial charge in [0.1, 0.15) is 0 Å². The van der Waals surface area contributed by atoms with Gasteiger partial charge in [-0.2, -0.15) is 0 Å². The Morgan fingerprint density at radius 1 is 1.25 bits per heavy atom. The van der Waals surface area contributed by atoms with Crippen molar-refractivity contribution in [1.29, 1.82) is 0 Å². The molecule has 0 nitrogen and oxygen atoms in total. The van der Waals surface area contributed by atoms with Crippen LogP contribution >= 0.6 is 0 Å². The standard InChI is InChI=1S/C7H8.Ca.H2.2H/c1-7-5-3-2-4-6-7;;;;/h2-6H,1H3;;1H;;/q;+2;;2*-1. The van der Waals surface area contributed by atoms with Crippen molar-refractivity contribution in [3.8, 4) is 0 Å². The molecule has 0 atom stereocenters. The zero-order chi connectivity index (χ0) is 5.11. The van der Waals surface area contributed by atoms with Gasteiger partial charge in [-0.25, -0.2) is 0 Å². The summed E-state index contributed by atoms with van der Waals surface area (Å²) in [5.74, 6) is 0. The van der Waals surface area contributed by atoms with E-state index in [4.69, 9.17) is 0 Å². The maximum Gasteiger partial charge on any atom is 2.00 e. The van der Waals surface area contributed by atoms with Crippen LogP contribution in [-0.4, -0.2) is 37.7 Å². The summed E-state index contributed by atoms with van der Waals surface area (Å²) in [6.45, 7) is 2.08. The molecule has 0 aromatic heterocycles. The van der Waals surface area contributed by atoms with Crippen LogP contribution in [0.15, 0.2) is 30.3 Å². The Labute approximate surface area is 84.4 Å². The van der Waals surface area contributed by atoms with Gasteiger partial charge in [0, 0.05) is 1.43 Å². The molecule has 0 saturated carbocycles. The molecule has 1 rings (SSSR count). The second-order valence-corrected chi connectivity index (χ2v) is 1.65. The third-order valence-corrected chi connectivity index (χ3v) is 0.940. The van der Waals surface area contributed by atoms with Crippen molar-refractivity contribution < 1.29 is 4.28 Å². The summed E-state index contributed by atoms with van der Waals surface area (Å²) in [6, 6.07) is 10.3. The Hall–Kier alpha value is 0.480. The van der Waals surface area contributed by atoms with Crippen molar-refractivity contribution in [3.63, 3.8) is 0 Å². The van der Waals surface area contributed by atoms with E-state index in [-0.39, 0.29) is 42.0 Å². The maximum atomic E-state index is 2.08. The van der Waals surface area contributed by atoms with E-state index in [1.807, 2.05) is 18.2 Å². The first kappa shape index (κ1) is 8.48. The molecule has 0 aliphatic carbocycles. The molecule has 0 heterocycles. The van der Waals surface area contributed by atoms with E-state index < -0.39 is 0 Å². The van der Waals surface area contributed by atoms with Crippen LogP contribution in [0.4, 0.5) is 0 Å². The minimum absolute atomic E-state index is 0. The summed E-state index contributed by atoms with van der Waals surface area (Å²) in [7, 11) is 0. The summed E-state index contributed by atoms with van der Waals surface area (Å²) in [4.78, 5) is 0. The van der Waals surface area contributed by atoms with Gasteiger partial charge in [0.05, 0.1) is 0 Å². The number of rotatable bonds is 0. The molecule has 0 saturated heterocycles. The quantitative estimate of drug-likeness (QED) is 0.479. The molecular formula is C7H12Ca. The van der Waals surface area contributed by atoms with Crippen molar-refractivity contribution in [2.75, 3.05) is 0 Å². The van der Waals surface area contributed by atoms with Crippen molar-refractivity contribution >= 4 is 37.7 Å². The topological polar surface area (TPSA) is 0 Å². The molecule has 0 aliphatic heterocycles. The largest absolute Gasteiger partial charge is 2.00 e. The second kappa shape index (κ2) is 4.37.